The van der Waals surface area contributed by atoms with Crippen molar-refractivity contribution in [3.05, 3.63) is 82.9 Å². The third-order valence-corrected chi connectivity index (χ3v) is 7.21. The maximum atomic E-state index is 13.2. The molecule has 0 saturated carbocycles. The number of ether oxygens (including phenoxy) is 2. The zero-order valence-corrected chi connectivity index (χ0v) is 23.6. The summed E-state index contributed by atoms with van der Waals surface area (Å²) in [6.45, 7) is 4.30. The van der Waals surface area contributed by atoms with Gasteiger partial charge >= 0.3 is 5.97 Å². The van der Waals surface area contributed by atoms with Crippen LogP contribution in [0.1, 0.15) is 50.7 Å². The highest BCUT2D eigenvalue weighted by atomic mass is 16.5. The van der Waals surface area contributed by atoms with Gasteiger partial charge in [-0.05, 0) is 55.3 Å². The number of carboxylic acids is 1. The standard InChI is InChI=1S/C31H36N4O6/c1-20-5-7-21(8-6-20)25(19-29(36)37)33-30(38)22-9-11-26(24(32)17-22)34-13-4-14-35(16-15-34)31(39)23-10-12-27(40-2)28(18-23)41-3/h5-12,17-18,25H,4,13-16,19,32H2,1-3H3,(H,33,38)(H,36,37). The Morgan fingerprint density at radius 1 is 0.902 bits per heavy atom. The number of rotatable bonds is 9. The monoisotopic (exact) mass is 560 g/mol. The number of carbonyl (C=O) groups excluding carboxylic acids is 2. The smallest absolute Gasteiger partial charge is 0.305 e. The van der Waals surface area contributed by atoms with Crippen LogP contribution in [0.4, 0.5) is 11.4 Å². The number of nitrogens with one attached hydrogen (secondary N) is 1. The number of nitrogen functional groups attached to an aromatic ring is 1. The molecule has 10 nitrogen and oxygen atoms in total. The van der Waals surface area contributed by atoms with Crippen molar-refractivity contribution < 1.29 is 29.0 Å². The molecule has 1 aliphatic rings. The van der Waals surface area contributed by atoms with E-state index in [1.54, 1.807) is 43.5 Å². The van der Waals surface area contributed by atoms with Gasteiger partial charge in [0.25, 0.3) is 11.8 Å². The molecule has 2 amide bonds. The van der Waals surface area contributed by atoms with Gasteiger partial charge in [0, 0.05) is 37.3 Å². The Labute approximate surface area is 239 Å². The summed E-state index contributed by atoms with van der Waals surface area (Å²) < 4.78 is 10.6. The number of nitrogens with zero attached hydrogens (tertiary/aromatic N) is 2. The van der Waals surface area contributed by atoms with E-state index in [9.17, 15) is 19.5 Å². The third kappa shape index (κ3) is 7.08. The van der Waals surface area contributed by atoms with Gasteiger partial charge in [0.05, 0.1) is 38.1 Å². The number of hydrogen-bond acceptors (Lipinski definition) is 7. The van der Waals surface area contributed by atoms with Gasteiger partial charge in [0.2, 0.25) is 0 Å². The maximum Gasteiger partial charge on any atom is 0.305 e. The summed E-state index contributed by atoms with van der Waals surface area (Å²) in [5.74, 6) is -0.438. The first-order valence-electron chi connectivity index (χ1n) is 13.4. The number of methoxy groups -OCH3 is 2. The SMILES string of the molecule is COc1ccc(C(=O)N2CCCN(c3ccc(C(=O)NC(CC(=O)O)c4ccc(C)cc4)cc3N)CC2)cc1OC. The first kappa shape index (κ1) is 29.3. The summed E-state index contributed by atoms with van der Waals surface area (Å²) in [5, 5.41) is 12.2. The highest BCUT2D eigenvalue weighted by molar-refractivity contribution is 5.97. The molecule has 4 rings (SSSR count). The van der Waals surface area contributed by atoms with Crippen LogP contribution >= 0.6 is 0 Å². The first-order valence-corrected chi connectivity index (χ1v) is 13.4. The Balaban J connectivity index is 1.43. The van der Waals surface area contributed by atoms with Crippen LogP contribution in [0.25, 0.3) is 0 Å². The number of nitrogens with two attached hydrogens (primary N) is 1. The van der Waals surface area contributed by atoms with Gasteiger partial charge in [-0.25, -0.2) is 0 Å². The average Bonchev–Trinajstić information content (AvgIpc) is 3.22. The van der Waals surface area contributed by atoms with E-state index in [4.69, 9.17) is 15.2 Å². The predicted octanol–water partition coefficient (Wildman–Crippen LogP) is 3.89. The van der Waals surface area contributed by atoms with Crippen LogP contribution in [-0.2, 0) is 4.79 Å². The van der Waals surface area contributed by atoms with Crippen LogP contribution in [0.3, 0.4) is 0 Å². The Morgan fingerprint density at radius 3 is 2.27 bits per heavy atom. The molecule has 1 atom stereocenters. The lowest BCUT2D eigenvalue weighted by molar-refractivity contribution is -0.137. The van der Waals surface area contributed by atoms with Crippen molar-refractivity contribution in [1.82, 2.24) is 10.2 Å². The van der Waals surface area contributed by atoms with Crippen molar-refractivity contribution in [2.24, 2.45) is 0 Å². The van der Waals surface area contributed by atoms with Crippen LogP contribution in [-0.4, -0.2) is 68.2 Å². The predicted molar refractivity (Wildman–Crippen MR) is 157 cm³/mol. The van der Waals surface area contributed by atoms with E-state index in [1.807, 2.05) is 36.1 Å². The second-order valence-corrected chi connectivity index (χ2v) is 10.0. The summed E-state index contributed by atoms with van der Waals surface area (Å²) in [6.07, 6.45) is 0.503. The molecule has 0 bridgehead atoms. The second-order valence-electron chi connectivity index (χ2n) is 10.0. The number of carbonyl (C=O) groups is 3. The molecule has 10 heteroatoms. The number of benzene rings is 3. The Kier molecular flexibility index (Phi) is 9.34. The normalized spacial score (nSPS) is 14.1. The Bertz CT molecular complexity index is 1410. The van der Waals surface area contributed by atoms with Crippen molar-refractivity contribution >= 4 is 29.2 Å². The lowest BCUT2D eigenvalue weighted by Gasteiger charge is -2.25. The molecule has 216 valence electrons. The van der Waals surface area contributed by atoms with E-state index in [-0.39, 0.29) is 12.3 Å². The van der Waals surface area contributed by atoms with Gasteiger partial charge in [-0.3, -0.25) is 14.4 Å². The van der Waals surface area contributed by atoms with Crippen LogP contribution < -0.4 is 25.4 Å². The quantitative estimate of drug-likeness (QED) is 0.336. The number of hydrogen-bond donors (Lipinski definition) is 3. The molecule has 1 heterocycles. The summed E-state index contributed by atoms with van der Waals surface area (Å²) in [7, 11) is 3.09. The molecule has 0 aromatic heterocycles. The highest BCUT2D eigenvalue weighted by Crippen LogP contribution is 2.29. The molecule has 3 aromatic carbocycles. The molecule has 0 aliphatic carbocycles. The first-order chi connectivity index (χ1) is 19.7. The molecule has 1 unspecified atom stereocenters. The molecule has 1 saturated heterocycles. The zero-order chi connectivity index (χ0) is 29.5. The van der Waals surface area contributed by atoms with Crippen molar-refractivity contribution in [1.29, 1.82) is 0 Å². The molecule has 41 heavy (non-hydrogen) atoms. The fourth-order valence-electron chi connectivity index (χ4n) is 4.96. The van der Waals surface area contributed by atoms with E-state index < -0.39 is 17.9 Å². The van der Waals surface area contributed by atoms with Crippen LogP contribution in [0.15, 0.2) is 60.7 Å². The Morgan fingerprint density at radius 2 is 1.61 bits per heavy atom. The highest BCUT2D eigenvalue weighted by Gasteiger charge is 2.24. The van der Waals surface area contributed by atoms with Crippen LogP contribution in [0.2, 0.25) is 0 Å². The molecule has 0 radical (unpaired) electrons. The van der Waals surface area contributed by atoms with Crippen molar-refractivity contribution in [3.63, 3.8) is 0 Å². The van der Waals surface area contributed by atoms with Crippen molar-refractivity contribution in [2.45, 2.75) is 25.8 Å². The number of carboxylic acid groups (broad SMARTS) is 1. The van der Waals surface area contributed by atoms with Gasteiger partial charge in [-0.2, -0.15) is 0 Å². The van der Waals surface area contributed by atoms with E-state index >= 15 is 0 Å². The molecule has 3 aromatic rings. The van der Waals surface area contributed by atoms with Crippen LogP contribution in [0, 0.1) is 6.92 Å². The van der Waals surface area contributed by atoms with Gasteiger partial charge in [0.1, 0.15) is 0 Å². The van der Waals surface area contributed by atoms with Gasteiger partial charge in [-0.1, -0.05) is 29.8 Å². The van der Waals surface area contributed by atoms with E-state index in [2.05, 4.69) is 10.2 Å². The summed E-state index contributed by atoms with van der Waals surface area (Å²) >= 11 is 0. The lowest BCUT2D eigenvalue weighted by atomic mass is 10.0. The van der Waals surface area contributed by atoms with Gasteiger partial charge in [-0.15, -0.1) is 0 Å². The molecule has 4 N–H and O–H groups in total. The molecular formula is C31H36N4O6. The van der Waals surface area contributed by atoms with Crippen LogP contribution in [0.5, 0.6) is 11.5 Å². The maximum absolute atomic E-state index is 13.2. The molecule has 1 fully saturated rings. The number of amides is 2. The lowest BCUT2D eigenvalue weighted by Crippen LogP contribution is -2.35. The molecule has 1 aliphatic heterocycles. The van der Waals surface area contributed by atoms with Gasteiger partial charge in [0.15, 0.2) is 11.5 Å². The minimum atomic E-state index is -1.01. The Hall–Kier alpha value is -4.73. The van der Waals surface area contributed by atoms with E-state index in [0.29, 0.717) is 60.1 Å². The van der Waals surface area contributed by atoms with Crippen molar-refractivity contribution in [2.75, 3.05) is 51.0 Å². The topological polar surface area (TPSA) is 134 Å². The summed E-state index contributed by atoms with van der Waals surface area (Å²) in [6, 6.07) is 17.0. The fourth-order valence-corrected chi connectivity index (χ4v) is 4.96. The second kappa shape index (κ2) is 13.1. The number of aliphatic carboxylic acids is 1. The summed E-state index contributed by atoms with van der Waals surface area (Å²) in [4.78, 5) is 41.7. The largest absolute Gasteiger partial charge is 0.493 e. The third-order valence-electron chi connectivity index (χ3n) is 7.21. The van der Waals surface area contributed by atoms with Crippen molar-refractivity contribution in [3.8, 4) is 11.5 Å². The van der Waals surface area contributed by atoms with Gasteiger partial charge < -0.3 is 35.4 Å². The minimum absolute atomic E-state index is 0.0858. The minimum Gasteiger partial charge on any atom is -0.493 e. The summed E-state index contributed by atoms with van der Waals surface area (Å²) in [5.41, 5.74) is 10.2. The fraction of sp³-hybridized carbons (Fsp3) is 0.323. The van der Waals surface area contributed by atoms with E-state index in [1.165, 1.54) is 7.11 Å². The zero-order valence-electron chi connectivity index (χ0n) is 23.6. The number of aryl methyl sites for hydroxylation is 1. The van der Waals surface area contributed by atoms with E-state index in [0.717, 1.165) is 17.7 Å². The molecule has 0 spiro atoms. The number of anilines is 2. The average molecular weight is 561 g/mol. The molecular weight excluding hydrogens is 524 g/mol.